The summed E-state index contributed by atoms with van der Waals surface area (Å²) in [4.78, 5) is 31.7. The fourth-order valence-corrected chi connectivity index (χ4v) is 3.71. The minimum absolute atomic E-state index is 0.0313. The predicted molar refractivity (Wildman–Crippen MR) is 108 cm³/mol. The second kappa shape index (κ2) is 8.20. The van der Waals surface area contributed by atoms with E-state index in [9.17, 15) is 9.59 Å². The van der Waals surface area contributed by atoms with Gasteiger partial charge in [0.05, 0.1) is 6.61 Å². The third kappa shape index (κ3) is 4.49. The van der Waals surface area contributed by atoms with Crippen LogP contribution in [0.5, 0.6) is 11.8 Å². The van der Waals surface area contributed by atoms with Crippen LogP contribution in [-0.4, -0.2) is 47.1 Å². The van der Waals surface area contributed by atoms with Crippen molar-refractivity contribution in [1.29, 1.82) is 0 Å². The number of likely N-dealkylation sites (tertiary alicyclic amines) is 1. The molecular weight excluding hydrogens is 370 g/mol. The van der Waals surface area contributed by atoms with E-state index in [-0.39, 0.29) is 11.8 Å². The monoisotopic (exact) mass is 401 g/mol. The molecule has 0 bridgehead atoms. The zero-order valence-electron chi connectivity index (χ0n) is 17.4. The SMILES string of the molecule is CCC(CC)(NC(=O)Oc1ccc(C2CC2)c(OCC2CC2)n1)C(=O)N1CCC1. The fourth-order valence-electron chi connectivity index (χ4n) is 3.71. The minimum Gasteiger partial charge on any atom is -0.477 e. The lowest BCUT2D eigenvalue weighted by atomic mass is 9.90. The van der Waals surface area contributed by atoms with E-state index >= 15 is 0 Å². The summed E-state index contributed by atoms with van der Waals surface area (Å²) >= 11 is 0. The van der Waals surface area contributed by atoms with Gasteiger partial charge in [0.25, 0.3) is 0 Å². The number of carbonyl (C=O) groups is 2. The van der Waals surface area contributed by atoms with Crippen LogP contribution in [0, 0.1) is 5.92 Å². The Morgan fingerprint density at radius 2 is 1.90 bits per heavy atom. The first-order valence-corrected chi connectivity index (χ1v) is 11.0. The molecule has 1 aromatic heterocycles. The first-order chi connectivity index (χ1) is 14.0. The van der Waals surface area contributed by atoms with Gasteiger partial charge >= 0.3 is 6.09 Å². The van der Waals surface area contributed by atoms with E-state index < -0.39 is 11.6 Å². The van der Waals surface area contributed by atoms with E-state index in [1.54, 1.807) is 11.0 Å². The van der Waals surface area contributed by atoms with E-state index in [4.69, 9.17) is 9.47 Å². The van der Waals surface area contributed by atoms with Crippen LogP contribution in [0.2, 0.25) is 0 Å². The summed E-state index contributed by atoms with van der Waals surface area (Å²) in [6.07, 6.45) is 6.10. The van der Waals surface area contributed by atoms with Gasteiger partial charge in [0, 0.05) is 24.7 Å². The number of nitrogens with one attached hydrogen (secondary N) is 1. The van der Waals surface area contributed by atoms with Crippen LogP contribution in [0.3, 0.4) is 0 Å². The van der Waals surface area contributed by atoms with Gasteiger partial charge in [0.15, 0.2) is 0 Å². The van der Waals surface area contributed by atoms with E-state index in [1.807, 2.05) is 19.9 Å². The van der Waals surface area contributed by atoms with Gasteiger partial charge in [-0.25, -0.2) is 4.79 Å². The van der Waals surface area contributed by atoms with Gasteiger partial charge in [0.2, 0.25) is 17.7 Å². The molecule has 3 fully saturated rings. The molecule has 158 valence electrons. The molecule has 7 nitrogen and oxygen atoms in total. The van der Waals surface area contributed by atoms with Crippen molar-refractivity contribution in [2.24, 2.45) is 5.92 Å². The Kier molecular flexibility index (Phi) is 5.65. The van der Waals surface area contributed by atoms with Crippen LogP contribution >= 0.6 is 0 Å². The van der Waals surface area contributed by atoms with Gasteiger partial charge < -0.3 is 19.7 Å². The maximum absolute atomic E-state index is 12.9. The Morgan fingerprint density at radius 3 is 2.45 bits per heavy atom. The molecule has 29 heavy (non-hydrogen) atoms. The van der Waals surface area contributed by atoms with Crippen LogP contribution in [0.25, 0.3) is 0 Å². The second-order valence-electron chi connectivity index (χ2n) is 8.52. The molecule has 4 rings (SSSR count). The highest BCUT2D eigenvalue weighted by Gasteiger charge is 2.41. The van der Waals surface area contributed by atoms with E-state index in [2.05, 4.69) is 10.3 Å². The van der Waals surface area contributed by atoms with E-state index in [0.29, 0.717) is 37.2 Å². The summed E-state index contributed by atoms with van der Waals surface area (Å²) in [5, 5.41) is 2.82. The number of rotatable bonds is 9. The van der Waals surface area contributed by atoms with Crippen molar-refractivity contribution < 1.29 is 19.1 Å². The smallest absolute Gasteiger partial charge is 0.414 e. The molecule has 0 unspecified atom stereocenters. The summed E-state index contributed by atoms with van der Waals surface area (Å²) < 4.78 is 11.4. The van der Waals surface area contributed by atoms with Crippen LogP contribution < -0.4 is 14.8 Å². The Balaban J connectivity index is 1.43. The van der Waals surface area contributed by atoms with Crippen molar-refractivity contribution in [3.63, 3.8) is 0 Å². The zero-order valence-corrected chi connectivity index (χ0v) is 17.4. The average Bonchev–Trinajstić information content (AvgIpc) is 3.57. The molecule has 0 spiro atoms. The molecular formula is C22H31N3O4. The van der Waals surface area contributed by atoms with Gasteiger partial charge in [-0.1, -0.05) is 13.8 Å². The van der Waals surface area contributed by atoms with Crippen molar-refractivity contribution in [2.45, 2.75) is 70.3 Å². The summed E-state index contributed by atoms with van der Waals surface area (Å²) in [5.74, 6) is 1.88. The molecule has 1 aliphatic heterocycles. The van der Waals surface area contributed by atoms with Crippen molar-refractivity contribution >= 4 is 12.0 Å². The molecule has 2 aliphatic carbocycles. The molecule has 1 aromatic rings. The van der Waals surface area contributed by atoms with Gasteiger partial charge in [-0.05, 0) is 62.8 Å². The molecule has 0 radical (unpaired) electrons. The number of hydrogen-bond donors (Lipinski definition) is 1. The first-order valence-electron chi connectivity index (χ1n) is 11.0. The topological polar surface area (TPSA) is 80.8 Å². The fraction of sp³-hybridized carbons (Fsp3) is 0.682. The third-order valence-electron chi connectivity index (χ3n) is 6.33. The number of pyridine rings is 1. The quantitative estimate of drug-likeness (QED) is 0.683. The van der Waals surface area contributed by atoms with Gasteiger partial charge in [-0.2, -0.15) is 4.98 Å². The minimum atomic E-state index is -0.934. The van der Waals surface area contributed by atoms with Gasteiger partial charge in [-0.3, -0.25) is 4.79 Å². The lowest BCUT2D eigenvalue weighted by molar-refractivity contribution is -0.142. The molecule has 2 saturated carbocycles. The van der Waals surface area contributed by atoms with Crippen molar-refractivity contribution in [3.05, 3.63) is 17.7 Å². The van der Waals surface area contributed by atoms with Crippen molar-refractivity contribution in [2.75, 3.05) is 19.7 Å². The standard InChI is InChI=1S/C22H31N3O4/c1-3-22(4-2,20(26)25-12-5-13-25)24-21(27)29-18-11-10-17(16-8-9-16)19(23-18)28-14-15-6-7-15/h10-11,15-16H,3-9,12-14H2,1-2H3,(H,24,27). The predicted octanol–water partition coefficient (Wildman–Crippen LogP) is 3.63. The van der Waals surface area contributed by atoms with Crippen LogP contribution in [0.15, 0.2) is 12.1 Å². The Hall–Kier alpha value is -2.31. The number of carbonyl (C=O) groups excluding carboxylic acids is 2. The highest BCUT2D eigenvalue weighted by atomic mass is 16.6. The molecule has 3 aliphatic rings. The van der Waals surface area contributed by atoms with Crippen LogP contribution in [0.1, 0.15) is 70.3 Å². The number of hydrogen-bond acceptors (Lipinski definition) is 5. The molecule has 2 heterocycles. The maximum Gasteiger partial charge on any atom is 0.414 e. The summed E-state index contributed by atoms with van der Waals surface area (Å²) in [7, 11) is 0. The number of nitrogens with zero attached hydrogens (tertiary/aromatic N) is 2. The van der Waals surface area contributed by atoms with Crippen molar-refractivity contribution in [3.8, 4) is 11.8 Å². The molecule has 0 aromatic carbocycles. The number of ether oxygens (including phenoxy) is 2. The average molecular weight is 402 g/mol. The molecule has 1 N–H and O–H groups in total. The van der Waals surface area contributed by atoms with Crippen LogP contribution in [-0.2, 0) is 4.79 Å². The highest BCUT2D eigenvalue weighted by Crippen LogP contribution is 2.44. The van der Waals surface area contributed by atoms with Gasteiger partial charge in [-0.15, -0.1) is 0 Å². The number of amides is 2. The largest absolute Gasteiger partial charge is 0.477 e. The molecule has 7 heteroatoms. The number of aromatic nitrogens is 1. The van der Waals surface area contributed by atoms with Crippen molar-refractivity contribution in [1.82, 2.24) is 15.2 Å². The van der Waals surface area contributed by atoms with E-state index in [1.165, 1.54) is 12.8 Å². The van der Waals surface area contributed by atoms with Crippen LogP contribution in [0.4, 0.5) is 4.79 Å². The highest BCUT2D eigenvalue weighted by molar-refractivity contribution is 5.90. The summed E-state index contributed by atoms with van der Waals surface area (Å²) in [5.41, 5.74) is 0.166. The Morgan fingerprint density at radius 1 is 1.17 bits per heavy atom. The maximum atomic E-state index is 12.9. The molecule has 2 amide bonds. The Labute approximate surface area is 172 Å². The normalized spacial score (nSPS) is 18.8. The second-order valence-corrected chi connectivity index (χ2v) is 8.52. The molecule has 1 saturated heterocycles. The van der Waals surface area contributed by atoms with Gasteiger partial charge in [0.1, 0.15) is 5.54 Å². The molecule has 0 atom stereocenters. The first kappa shape index (κ1) is 20.0. The Bertz CT molecular complexity index is 765. The van der Waals surface area contributed by atoms with E-state index in [0.717, 1.165) is 37.9 Å². The lowest BCUT2D eigenvalue weighted by Crippen LogP contribution is -2.62. The third-order valence-corrected chi connectivity index (χ3v) is 6.33. The summed E-state index contributed by atoms with van der Waals surface area (Å²) in [6.45, 7) is 6.00. The zero-order chi connectivity index (χ0) is 20.4. The summed E-state index contributed by atoms with van der Waals surface area (Å²) in [6, 6.07) is 3.67. The lowest BCUT2D eigenvalue weighted by Gasteiger charge is -2.40.